The van der Waals surface area contributed by atoms with Crippen LogP contribution in [0.2, 0.25) is 0 Å². The molecular formula is C8H6N4O3. The average Bonchev–Trinajstić information content (AvgIpc) is 2.61. The standard InChI is InChI=1S/C8H6N4O3/c9-8-7(12(13)14)6(11-15-8)5-1-3-10-4-2-5/h1-4H,9H2. The molecule has 7 nitrogen and oxygen atoms in total. The van der Waals surface area contributed by atoms with Gasteiger partial charge in [-0.2, -0.15) is 0 Å². The Labute approximate surface area is 83.7 Å². The number of anilines is 1. The van der Waals surface area contributed by atoms with Crippen molar-refractivity contribution in [2.45, 2.75) is 0 Å². The average molecular weight is 206 g/mol. The molecule has 0 aliphatic rings. The highest BCUT2D eigenvalue weighted by Gasteiger charge is 2.25. The molecule has 0 radical (unpaired) electrons. The van der Waals surface area contributed by atoms with Crippen molar-refractivity contribution in [3.8, 4) is 11.3 Å². The van der Waals surface area contributed by atoms with E-state index in [4.69, 9.17) is 5.73 Å². The van der Waals surface area contributed by atoms with E-state index in [1.165, 1.54) is 12.4 Å². The van der Waals surface area contributed by atoms with Crippen LogP contribution in [-0.2, 0) is 0 Å². The molecule has 15 heavy (non-hydrogen) atoms. The van der Waals surface area contributed by atoms with E-state index < -0.39 is 4.92 Å². The Bertz CT molecular complexity index is 494. The van der Waals surface area contributed by atoms with E-state index in [2.05, 4.69) is 14.7 Å². The zero-order valence-electron chi connectivity index (χ0n) is 7.45. The minimum atomic E-state index is -0.623. The number of hydrogen-bond acceptors (Lipinski definition) is 6. The third-order valence-corrected chi connectivity index (χ3v) is 1.83. The summed E-state index contributed by atoms with van der Waals surface area (Å²) in [4.78, 5) is 13.9. The maximum absolute atomic E-state index is 10.7. The predicted molar refractivity (Wildman–Crippen MR) is 50.8 cm³/mol. The van der Waals surface area contributed by atoms with Crippen molar-refractivity contribution in [3.05, 3.63) is 34.6 Å². The van der Waals surface area contributed by atoms with E-state index in [9.17, 15) is 10.1 Å². The molecule has 7 heteroatoms. The van der Waals surface area contributed by atoms with Gasteiger partial charge in [0, 0.05) is 18.0 Å². The highest BCUT2D eigenvalue weighted by molar-refractivity contribution is 5.74. The third kappa shape index (κ3) is 1.50. The van der Waals surface area contributed by atoms with Crippen LogP contribution in [0.1, 0.15) is 0 Å². The first-order valence-corrected chi connectivity index (χ1v) is 4.00. The van der Waals surface area contributed by atoms with Gasteiger partial charge in [-0.1, -0.05) is 5.16 Å². The van der Waals surface area contributed by atoms with Crippen molar-refractivity contribution in [2.75, 3.05) is 5.73 Å². The van der Waals surface area contributed by atoms with Crippen molar-refractivity contribution in [3.63, 3.8) is 0 Å². The molecule has 0 aliphatic carbocycles. The number of nitro groups is 1. The van der Waals surface area contributed by atoms with E-state index in [0.29, 0.717) is 5.56 Å². The van der Waals surface area contributed by atoms with Gasteiger partial charge in [0.05, 0.1) is 4.92 Å². The first kappa shape index (κ1) is 9.13. The summed E-state index contributed by atoms with van der Waals surface area (Å²) >= 11 is 0. The van der Waals surface area contributed by atoms with Crippen LogP contribution >= 0.6 is 0 Å². The molecule has 2 heterocycles. The van der Waals surface area contributed by atoms with Crippen LogP contribution in [0.25, 0.3) is 11.3 Å². The molecule has 0 aromatic carbocycles. The Kier molecular flexibility index (Phi) is 2.05. The minimum Gasteiger partial charge on any atom is -0.362 e. The van der Waals surface area contributed by atoms with Gasteiger partial charge in [0.25, 0.3) is 0 Å². The fourth-order valence-electron chi connectivity index (χ4n) is 1.17. The summed E-state index contributed by atoms with van der Waals surface area (Å²) in [5.74, 6) is -0.299. The summed E-state index contributed by atoms with van der Waals surface area (Å²) in [6.45, 7) is 0. The predicted octanol–water partition coefficient (Wildman–Crippen LogP) is 1.23. The van der Waals surface area contributed by atoms with Crippen molar-refractivity contribution < 1.29 is 9.45 Å². The first-order chi connectivity index (χ1) is 7.20. The molecule has 0 fully saturated rings. The van der Waals surface area contributed by atoms with Crippen molar-refractivity contribution >= 4 is 11.6 Å². The van der Waals surface area contributed by atoms with Crippen LogP contribution in [0.15, 0.2) is 29.0 Å². The van der Waals surface area contributed by atoms with Gasteiger partial charge in [-0.3, -0.25) is 15.1 Å². The summed E-state index contributed by atoms with van der Waals surface area (Å²) in [5.41, 5.74) is 5.62. The lowest BCUT2D eigenvalue weighted by Gasteiger charge is -1.93. The van der Waals surface area contributed by atoms with Crippen molar-refractivity contribution in [1.29, 1.82) is 0 Å². The number of hydrogen-bond donors (Lipinski definition) is 1. The normalized spacial score (nSPS) is 10.1. The fourth-order valence-corrected chi connectivity index (χ4v) is 1.17. The maximum Gasteiger partial charge on any atom is 0.360 e. The number of rotatable bonds is 2. The Morgan fingerprint density at radius 3 is 2.67 bits per heavy atom. The van der Waals surface area contributed by atoms with E-state index >= 15 is 0 Å². The van der Waals surface area contributed by atoms with Gasteiger partial charge in [0.15, 0.2) is 5.69 Å². The molecule has 2 rings (SSSR count). The Morgan fingerprint density at radius 2 is 2.07 bits per heavy atom. The molecular weight excluding hydrogens is 200 g/mol. The molecule has 0 saturated carbocycles. The van der Waals surface area contributed by atoms with Gasteiger partial charge in [0.2, 0.25) is 0 Å². The molecule has 0 spiro atoms. The summed E-state index contributed by atoms with van der Waals surface area (Å²) in [6, 6.07) is 3.18. The van der Waals surface area contributed by atoms with Crippen molar-refractivity contribution in [2.24, 2.45) is 0 Å². The quantitative estimate of drug-likeness (QED) is 0.584. The Morgan fingerprint density at radius 1 is 1.40 bits per heavy atom. The number of nitrogens with zero attached hydrogens (tertiary/aromatic N) is 3. The molecule has 0 unspecified atom stereocenters. The maximum atomic E-state index is 10.7. The second kappa shape index (κ2) is 3.37. The second-order valence-electron chi connectivity index (χ2n) is 2.74. The number of nitrogens with two attached hydrogens (primary N) is 1. The summed E-state index contributed by atoms with van der Waals surface area (Å²) in [5, 5.41) is 14.2. The topological polar surface area (TPSA) is 108 Å². The van der Waals surface area contributed by atoms with Gasteiger partial charge in [-0.15, -0.1) is 0 Å². The number of nitrogen functional groups attached to an aromatic ring is 1. The van der Waals surface area contributed by atoms with Crippen LogP contribution < -0.4 is 5.73 Å². The van der Waals surface area contributed by atoms with E-state index in [0.717, 1.165) is 0 Å². The van der Waals surface area contributed by atoms with Gasteiger partial charge >= 0.3 is 11.6 Å². The smallest absolute Gasteiger partial charge is 0.360 e. The molecule has 0 saturated heterocycles. The lowest BCUT2D eigenvalue weighted by Crippen LogP contribution is -1.93. The van der Waals surface area contributed by atoms with E-state index in [-0.39, 0.29) is 17.3 Å². The minimum absolute atomic E-state index is 0.111. The van der Waals surface area contributed by atoms with Gasteiger partial charge in [0.1, 0.15) is 0 Å². The largest absolute Gasteiger partial charge is 0.362 e. The highest BCUT2D eigenvalue weighted by atomic mass is 16.6. The highest BCUT2D eigenvalue weighted by Crippen LogP contribution is 2.33. The molecule has 0 atom stereocenters. The van der Waals surface area contributed by atoms with Crippen molar-refractivity contribution in [1.82, 2.24) is 10.1 Å². The zero-order valence-corrected chi connectivity index (χ0v) is 7.45. The van der Waals surface area contributed by atoms with Crippen LogP contribution in [0.4, 0.5) is 11.6 Å². The molecule has 76 valence electrons. The molecule has 0 bridgehead atoms. The van der Waals surface area contributed by atoms with Gasteiger partial charge in [-0.25, -0.2) is 0 Å². The first-order valence-electron chi connectivity index (χ1n) is 4.00. The molecule has 0 aliphatic heterocycles. The van der Waals surface area contributed by atoms with Gasteiger partial charge in [-0.05, 0) is 12.1 Å². The number of pyridine rings is 1. The summed E-state index contributed by atoms with van der Waals surface area (Å²) < 4.78 is 4.58. The summed E-state index contributed by atoms with van der Waals surface area (Å²) in [7, 11) is 0. The lowest BCUT2D eigenvalue weighted by molar-refractivity contribution is -0.383. The second-order valence-corrected chi connectivity index (χ2v) is 2.74. The molecule has 2 aromatic rings. The van der Waals surface area contributed by atoms with E-state index in [1.54, 1.807) is 12.1 Å². The molecule has 2 N–H and O–H groups in total. The fraction of sp³-hybridized carbons (Fsp3) is 0. The van der Waals surface area contributed by atoms with Crippen LogP contribution in [-0.4, -0.2) is 15.1 Å². The molecule has 2 aromatic heterocycles. The third-order valence-electron chi connectivity index (χ3n) is 1.83. The zero-order chi connectivity index (χ0) is 10.8. The number of aromatic nitrogens is 2. The lowest BCUT2D eigenvalue weighted by atomic mass is 10.2. The van der Waals surface area contributed by atoms with Crippen LogP contribution in [0, 0.1) is 10.1 Å². The summed E-state index contributed by atoms with van der Waals surface area (Å²) in [6.07, 6.45) is 3.01. The van der Waals surface area contributed by atoms with E-state index in [1.807, 2.05) is 0 Å². The SMILES string of the molecule is Nc1onc(-c2ccncc2)c1[N+](=O)[O-]. The Balaban J connectivity index is 2.59. The van der Waals surface area contributed by atoms with Gasteiger partial charge < -0.3 is 10.3 Å². The molecule has 0 amide bonds. The van der Waals surface area contributed by atoms with Crippen LogP contribution in [0.3, 0.4) is 0 Å². The Hall–Kier alpha value is -2.44. The monoisotopic (exact) mass is 206 g/mol. The van der Waals surface area contributed by atoms with Crippen LogP contribution in [0.5, 0.6) is 0 Å².